The summed E-state index contributed by atoms with van der Waals surface area (Å²) in [4.78, 5) is 36.2. The number of hydrogen-bond acceptors (Lipinski definition) is 4. The van der Waals surface area contributed by atoms with E-state index in [1.807, 2.05) is 19.1 Å². The lowest BCUT2D eigenvalue weighted by Crippen LogP contribution is -2.27. The van der Waals surface area contributed by atoms with Gasteiger partial charge in [-0.2, -0.15) is 0 Å². The lowest BCUT2D eigenvalue weighted by Gasteiger charge is -2.14. The summed E-state index contributed by atoms with van der Waals surface area (Å²) in [5, 5.41) is 5.71. The molecule has 6 heteroatoms. The number of furan rings is 1. The van der Waals surface area contributed by atoms with E-state index in [0.29, 0.717) is 36.1 Å². The van der Waals surface area contributed by atoms with E-state index >= 15 is 0 Å². The Morgan fingerprint density at radius 2 is 1.89 bits per heavy atom. The van der Waals surface area contributed by atoms with Crippen molar-refractivity contribution < 1.29 is 18.8 Å². The Hall–Kier alpha value is -2.89. The number of Topliss-reactive ketones (excluding diaryl/α,β-unsaturated/α-hetero) is 1. The summed E-state index contributed by atoms with van der Waals surface area (Å²) in [5.74, 6) is 0.516. The van der Waals surface area contributed by atoms with Crippen LogP contribution in [0.1, 0.15) is 77.0 Å². The summed E-state index contributed by atoms with van der Waals surface area (Å²) < 4.78 is 5.70. The first-order valence-corrected chi connectivity index (χ1v) is 9.26. The van der Waals surface area contributed by atoms with Gasteiger partial charge in [-0.15, -0.1) is 0 Å². The van der Waals surface area contributed by atoms with Gasteiger partial charge in [0.05, 0.1) is 11.6 Å². The van der Waals surface area contributed by atoms with E-state index in [1.54, 1.807) is 26.0 Å². The van der Waals surface area contributed by atoms with E-state index in [0.717, 1.165) is 17.7 Å². The summed E-state index contributed by atoms with van der Waals surface area (Å²) in [6.45, 7) is 5.43. The molecule has 0 bridgehead atoms. The van der Waals surface area contributed by atoms with Gasteiger partial charge >= 0.3 is 0 Å². The van der Waals surface area contributed by atoms with Crippen molar-refractivity contribution in [2.75, 3.05) is 5.32 Å². The fraction of sp³-hybridized carbons (Fsp3) is 0.381. The Balaban J connectivity index is 1.71. The van der Waals surface area contributed by atoms with Crippen molar-refractivity contribution in [1.29, 1.82) is 0 Å². The molecule has 142 valence electrons. The third kappa shape index (κ3) is 3.94. The highest BCUT2D eigenvalue weighted by atomic mass is 16.4. The molecule has 1 aliphatic rings. The van der Waals surface area contributed by atoms with E-state index in [4.69, 9.17) is 4.42 Å². The SMILES string of the molecule is CCC(=O)Nc1ccc(C(C)NC(=O)c2oc3c(c2C)C(=O)CCC3)cc1. The van der Waals surface area contributed by atoms with Gasteiger partial charge in [-0.1, -0.05) is 19.1 Å². The van der Waals surface area contributed by atoms with Gasteiger partial charge in [0.2, 0.25) is 5.91 Å². The maximum absolute atomic E-state index is 12.7. The first-order chi connectivity index (χ1) is 12.9. The van der Waals surface area contributed by atoms with Crippen LogP contribution >= 0.6 is 0 Å². The van der Waals surface area contributed by atoms with Crippen molar-refractivity contribution >= 4 is 23.3 Å². The zero-order valence-electron chi connectivity index (χ0n) is 15.8. The molecule has 0 saturated heterocycles. The van der Waals surface area contributed by atoms with Crippen LogP contribution in [0.2, 0.25) is 0 Å². The van der Waals surface area contributed by atoms with Crippen LogP contribution in [0.15, 0.2) is 28.7 Å². The molecule has 1 atom stereocenters. The van der Waals surface area contributed by atoms with Gasteiger partial charge in [-0.3, -0.25) is 14.4 Å². The molecular weight excluding hydrogens is 344 g/mol. The number of hydrogen-bond donors (Lipinski definition) is 2. The third-order valence-electron chi connectivity index (χ3n) is 4.88. The number of anilines is 1. The standard InChI is InChI=1S/C21H24N2O4/c1-4-18(25)23-15-10-8-14(9-11-15)13(3)22-21(26)20-12(2)19-16(24)6-5-7-17(19)27-20/h8-11,13H,4-7H2,1-3H3,(H,22,26)(H,23,25). The second kappa shape index (κ2) is 7.78. The zero-order chi connectivity index (χ0) is 19.6. The summed E-state index contributed by atoms with van der Waals surface area (Å²) in [7, 11) is 0. The Bertz CT molecular complexity index is 880. The molecule has 2 N–H and O–H groups in total. The van der Waals surface area contributed by atoms with Crippen molar-refractivity contribution in [2.24, 2.45) is 0 Å². The minimum Gasteiger partial charge on any atom is -0.455 e. The summed E-state index contributed by atoms with van der Waals surface area (Å²) in [6.07, 6.45) is 2.38. The van der Waals surface area contributed by atoms with Gasteiger partial charge in [-0.05, 0) is 38.0 Å². The van der Waals surface area contributed by atoms with Crippen molar-refractivity contribution in [3.8, 4) is 0 Å². The molecule has 1 aromatic carbocycles. The highest BCUT2D eigenvalue weighted by Gasteiger charge is 2.29. The van der Waals surface area contributed by atoms with E-state index in [-0.39, 0.29) is 29.4 Å². The number of aryl methyl sites for hydroxylation is 1. The number of benzene rings is 1. The van der Waals surface area contributed by atoms with Gasteiger partial charge in [0, 0.05) is 30.5 Å². The molecule has 0 spiro atoms. The highest BCUT2D eigenvalue weighted by molar-refractivity contribution is 6.03. The molecule has 0 aliphatic heterocycles. The van der Waals surface area contributed by atoms with E-state index < -0.39 is 0 Å². The Morgan fingerprint density at radius 1 is 1.19 bits per heavy atom. The highest BCUT2D eigenvalue weighted by Crippen LogP contribution is 2.29. The third-order valence-corrected chi connectivity index (χ3v) is 4.88. The molecule has 0 fully saturated rings. The first kappa shape index (κ1) is 18.9. The van der Waals surface area contributed by atoms with E-state index in [9.17, 15) is 14.4 Å². The molecular formula is C21H24N2O4. The largest absolute Gasteiger partial charge is 0.455 e. The number of fused-ring (bicyclic) bond motifs is 1. The maximum atomic E-state index is 12.7. The summed E-state index contributed by atoms with van der Waals surface area (Å²) in [6, 6.07) is 7.09. The number of rotatable bonds is 5. The van der Waals surface area contributed by atoms with Gasteiger partial charge in [-0.25, -0.2) is 0 Å². The van der Waals surface area contributed by atoms with Crippen LogP contribution in [-0.4, -0.2) is 17.6 Å². The number of ketones is 1. The molecule has 2 amide bonds. The molecule has 27 heavy (non-hydrogen) atoms. The quantitative estimate of drug-likeness (QED) is 0.836. The van der Waals surface area contributed by atoms with Crippen LogP contribution in [0, 0.1) is 6.92 Å². The van der Waals surface area contributed by atoms with Gasteiger partial charge in [0.1, 0.15) is 5.76 Å². The van der Waals surface area contributed by atoms with Crippen molar-refractivity contribution in [2.45, 2.75) is 52.5 Å². The zero-order valence-corrected chi connectivity index (χ0v) is 15.8. The van der Waals surface area contributed by atoms with Crippen LogP contribution in [0.3, 0.4) is 0 Å². The summed E-state index contributed by atoms with van der Waals surface area (Å²) >= 11 is 0. The van der Waals surface area contributed by atoms with Crippen LogP contribution in [0.25, 0.3) is 0 Å². The molecule has 2 aromatic rings. The monoisotopic (exact) mass is 368 g/mol. The number of amides is 2. The van der Waals surface area contributed by atoms with Crippen LogP contribution < -0.4 is 10.6 Å². The molecule has 6 nitrogen and oxygen atoms in total. The maximum Gasteiger partial charge on any atom is 0.287 e. The first-order valence-electron chi connectivity index (χ1n) is 9.26. The fourth-order valence-corrected chi connectivity index (χ4v) is 3.32. The smallest absolute Gasteiger partial charge is 0.287 e. The Morgan fingerprint density at radius 3 is 2.52 bits per heavy atom. The van der Waals surface area contributed by atoms with Gasteiger partial charge < -0.3 is 15.1 Å². The predicted molar refractivity (Wildman–Crippen MR) is 102 cm³/mol. The molecule has 1 aliphatic carbocycles. The Kier molecular flexibility index (Phi) is 5.44. The lowest BCUT2D eigenvalue weighted by molar-refractivity contribution is -0.115. The average Bonchev–Trinajstić information content (AvgIpc) is 3.00. The van der Waals surface area contributed by atoms with Crippen molar-refractivity contribution in [3.63, 3.8) is 0 Å². The number of nitrogens with one attached hydrogen (secondary N) is 2. The van der Waals surface area contributed by atoms with Crippen LogP contribution in [-0.2, 0) is 11.2 Å². The normalized spacial score (nSPS) is 14.4. The molecule has 1 aromatic heterocycles. The lowest BCUT2D eigenvalue weighted by atomic mass is 9.94. The number of carbonyl (C=O) groups is 3. The Labute approximate surface area is 158 Å². The van der Waals surface area contributed by atoms with E-state index in [1.165, 1.54) is 0 Å². The second-order valence-corrected chi connectivity index (χ2v) is 6.85. The van der Waals surface area contributed by atoms with E-state index in [2.05, 4.69) is 10.6 Å². The minimum atomic E-state index is -0.328. The second-order valence-electron chi connectivity index (χ2n) is 6.85. The topological polar surface area (TPSA) is 88.4 Å². The van der Waals surface area contributed by atoms with Crippen LogP contribution in [0.4, 0.5) is 5.69 Å². The predicted octanol–water partition coefficient (Wildman–Crippen LogP) is 3.95. The van der Waals surface area contributed by atoms with Crippen molar-refractivity contribution in [1.82, 2.24) is 5.32 Å². The molecule has 0 radical (unpaired) electrons. The fourth-order valence-electron chi connectivity index (χ4n) is 3.32. The molecule has 0 saturated carbocycles. The molecule has 3 rings (SSSR count). The molecule has 1 unspecified atom stereocenters. The van der Waals surface area contributed by atoms with Gasteiger partial charge in [0.25, 0.3) is 5.91 Å². The van der Waals surface area contributed by atoms with Gasteiger partial charge in [0.15, 0.2) is 11.5 Å². The molecule has 1 heterocycles. The van der Waals surface area contributed by atoms with Crippen LogP contribution in [0.5, 0.6) is 0 Å². The summed E-state index contributed by atoms with van der Waals surface area (Å²) in [5.41, 5.74) is 2.83. The average molecular weight is 368 g/mol. The number of carbonyl (C=O) groups excluding carboxylic acids is 3. The van der Waals surface area contributed by atoms with Crippen molar-refractivity contribution in [3.05, 3.63) is 52.5 Å². The minimum absolute atomic E-state index is 0.0455.